The summed E-state index contributed by atoms with van der Waals surface area (Å²) in [6.07, 6.45) is 1.30. The van der Waals surface area contributed by atoms with Gasteiger partial charge in [0.05, 0.1) is 0 Å². The largest absolute Gasteiger partial charge is 0.336 e. The molecule has 1 spiro atoms. The third-order valence-electron chi connectivity index (χ3n) is 5.54. The van der Waals surface area contributed by atoms with Crippen molar-refractivity contribution in [3.63, 3.8) is 0 Å². The Morgan fingerprint density at radius 1 is 1.32 bits per heavy atom. The fraction of sp³-hybridized carbons (Fsp3) is 0.500. The summed E-state index contributed by atoms with van der Waals surface area (Å²) in [4.78, 5) is 41.0. The maximum absolute atomic E-state index is 13.1. The number of fused-ring (bicyclic) bond motifs is 2. The second-order valence-corrected chi connectivity index (χ2v) is 7.02. The maximum atomic E-state index is 13.1. The summed E-state index contributed by atoms with van der Waals surface area (Å²) in [5, 5.41) is 6.09. The Morgan fingerprint density at radius 3 is 2.92 bits per heavy atom. The van der Waals surface area contributed by atoms with Crippen LogP contribution in [0.5, 0.6) is 0 Å². The molecule has 25 heavy (non-hydrogen) atoms. The molecule has 1 aromatic carbocycles. The van der Waals surface area contributed by atoms with E-state index in [1.54, 1.807) is 4.90 Å². The zero-order chi connectivity index (χ0) is 17.6. The predicted molar refractivity (Wildman–Crippen MR) is 90.7 cm³/mol. The van der Waals surface area contributed by atoms with E-state index >= 15 is 0 Å². The summed E-state index contributed by atoms with van der Waals surface area (Å²) < 4.78 is 0. The van der Waals surface area contributed by atoms with Crippen molar-refractivity contribution < 1.29 is 14.4 Å². The zero-order valence-corrected chi connectivity index (χ0v) is 14.2. The number of piperazine rings is 1. The monoisotopic (exact) mass is 342 g/mol. The number of aryl methyl sites for hydroxylation is 1. The molecule has 2 heterocycles. The fourth-order valence-electron chi connectivity index (χ4n) is 4.17. The van der Waals surface area contributed by atoms with Gasteiger partial charge in [-0.25, -0.2) is 4.79 Å². The topological polar surface area (TPSA) is 81.8 Å². The van der Waals surface area contributed by atoms with Crippen LogP contribution in [0, 0.1) is 0 Å². The molecule has 2 N–H and O–H groups in total. The molecule has 4 amide bonds. The van der Waals surface area contributed by atoms with Crippen LogP contribution < -0.4 is 10.6 Å². The van der Waals surface area contributed by atoms with E-state index in [2.05, 4.69) is 10.6 Å². The lowest BCUT2D eigenvalue weighted by Gasteiger charge is -2.34. The molecule has 1 aromatic rings. The van der Waals surface area contributed by atoms with Crippen molar-refractivity contribution in [1.29, 1.82) is 0 Å². The van der Waals surface area contributed by atoms with Gasteiger partial charge in [-0.2, -0.15) is 0 Å². The molecule has 0 saturated carbocycles. The molecule has 0 aromatic heterocycles. The number of rotatable bonds is 2. The van der Waals surface area contributed by atoms with Crippen LogP contribution in [0.2, 0.25) is 0 Å². The van der Waals surface area contributed by atoms with Gasteiger partial charge in [-0.05, 0) is 30.9 Å². The van der Waals surface area contributed by atoms with Gasteiger partial charge in [0.1, 0.15) is 12.1 Å². The van der Waals surface area contributed by atoms with Gasteiger partial charge < -0.3 is 15.5 Å². The van der Waals surface area contributed by atoms with Crippen LogP contribution >= 0.6 is 0 Å². The summed E-state index contributed by atoms with van der Waals surface area (Å²) in [6, 6.07) is 7.28. The third kappa shape index (κ3) is 2.41. The number of amides is 4. The third-order valence-corrected chi connectivity index (χ3v) is 5.54. The van der Waals surface area contributed by atoms with Crippen LogP contribution in [0.3, 0.4) is 0 Å². The molecule has 2 fully saturated rings. The van der Waals surface area contributed by atoms with Gasteiger partial charge >= 0.3 is 6.03 Å². The first-order valence-electron chi connectivity index (χ1n) is 8.75. The molecule has 0 bridgehead atoms. The van der Waals surface area contributed by atoms with Crippen molar-refractivity contribution in [3.05, 3.63) is 35.4 Å². The van der Waals surface area contributed by atoms with E-state index in [0.29, 0.717) is 13.0 Å². The van der Waals surface area contributed by atoms with E-state index in [-0.39, 0.29) is 24.4 Å². The fourth-order valence-corrected chi connectivity index (χ4v) is 4.17. The van der Waals surface area contributed by atoms with E-state index < -0.39 is 11.6 Å². The highest BCUT2D eigenvalue weighted by Gasteiger charge is 2.55. The van der Waals surface area contributed by atoms with Gasteiger partial charge in [0, 0.05) is 25.7 Å². The van der Waals surface area contributed by atoms with Crippen molar-refractivity contribution in [2.75, 3.05) is 26.2 Å². The van der Waals surface area contributed by atoms with Crippen molar-refractivity contribution in [3.8, 4) is 0 Å². The highest BCUT2D eigenvalue weighted by atomic mass is 16.2. The SMILES string of the molecule is CC1CNCCN1C(=O)CN1C(=O)NC2(CCc3ccccc32)C1=O. The second-order valence-electron chi connectivity index (χ2n) is 7.02. The van der Waals surface area contributed by atoms with Crippen LogP contribution in [-0.2, 0) is 21.5 Å². The highest BCUT2D eigenvalue weighted by Crippen LogP contribution is 2.41. The molecule has 1 aliphatic carbocycles. The highest BCUT2D eigenvalue weighted by molar-refractivity contribution is 6.09. The number of urea groups is 1. The summed E-state index contributed by atoms with van der Waals surface area (Å²) in [7, 11) is 0. The van der Waals surface area contributed by atoms with E-state index in [1.165, 1.54) is 0 Å². The molecule has 7 nitrogen and oxygen atoms in total. The Balaban J connectivity index is 1.56. The number of nitrogens with one attached hydrogen (secondary N) is 2. The van der Waals surface area contributed by atoms with Crippen molar-refractivity contribution in [2.24, 2.45) is 0 Å². The van der Waals surface area contributed by atoms with Crippen LogP contribution in [0.1, 0.15) is 24.5 Å². The minimum atomic E-state index is -0.997. The lowest BCUT2D eigenvalue weighted by atomic mass is 9.92. The number of imide groups is 1. The number of carbonyl (C=O) groups excluding carboxylic acids is 3. The van der Waals surface area contributed by atoms with Crippen LogP contribution in [0.15, 0.2) is 24.3 Å². The minimum Gasteiger partial charge on any atom is -0.336 e. The van der Waals surface area contributed by atoms with Gasteiger partial charge in [0.25, 0.3) is 5.91 Å². The summed E-state index contributed by atoms with van der Waals surface area (Å²) in [6.45, 7) is 3.82. The van der Waals surface area contributed by atoms with Gasteiger partial charge in [-0.15, -0.1) is 0 Å². The molecular weight excluding hydrogens is 320 g/mol. The molecule has 2 atom stereocenters. The van der Waals surface area contributed by atoms with Crippen LogP contribution in [0.4, 0.5) is 4.79 Å². The number of carbonyl (C=O) groups is 3. The van der Waals surface area contributed by atoms with Gasteiger partial charge in [0.2, 0.25) is 5.91 Å². The minimum absolute atomic E-state index is 0.0585. The van der Waals surface area contributed by atoms with Gasteiger partial charge in [-0.3, -0.25) is 14.5 Å². The molecule has 2 unspecified atom stereocenters. The lowest BCUT2D eigenvalue weighted by molar-refractivity contribution is -0.140. The number of hydrogen-bond donors (Lipinski definition) is 2. The Hall–Kier alpha value is -2.41. The normalized spacial score (nSPS) is 28.4. The smallest absolute Gasteiger partial charge is 0.325 e. The number of nitrogens with zero attached hydrogens (tertiary/aromatic N) is 2. The summed E-state index contributed by atoms with van der Waals surface area (Å²) in [5.74, 6) is -0.487. The Labute approximate surface area is 146 Å². The molecular formula is C18H22N4O3. The van der Waals surface area contributed by atoms with E-state index in [9.17, 15) is 14.4 Å². The number of hydrogen-bond acceptors (Lipinski definition) is 4. The maximum Gasteiger partial charge on any atom is 0.325 e. The van der Waals surface area contributed by atoms with Crippen molar-refractivity contribution in [2.45, 2.75) is 31.3 Å². The molecule has 7 heteroatoms. The van der Waals surface area contributed by atoms with E-state index in [4.69, 9.17) is 0 Å². The number of benzene rings is 1. The first kappa shape index (κ1) is 16.1. The molecule has 4 rings (SSSR count). The van der Waals surface area contributed by atoms with Crippen molar-refractivity contribution >= 4 is 17.8 Å². The van der Waals surface area contributed by atoms with Crippen LogP contribution in [0.25, 0.3) is 0 Å². The molecule has 2 aliphatic heterocycles. The Morgan fingerprint density at radius 2 is 2.12 bits per heavy atom. The Bertz CT molecular complexity index is 750. The summed E-state index contributed by atoms with van der Waals surface area (Å²) in [5.41, 5.74) is 0.946. The zero-order valence-electron chi connectivity index (χ0n) is 14.2. The summed E-state index contributed by atoms with van der Waals surface area (Å²) >= 11 is 0. The Kier molecular flexibility index (Phi) is 3.76. The van der Waals surface area contributed by atoms with E-state index in [0.717, 1.165) is 35.5 Å². The second kappa shape index (κ2) is 5.84. The lowest BCUT2D eigenvalue weighted by Crippen LogP contribution is -2.55. The average Bonchev–Trinajstić information content (AvgIpc) is 3.09. The molecule has 3 aliphatic rings. The van der Waals surface area contributed by atoms with Crippen LogP contribution in [-0.4, -0.2) is 59.9 Å². The predicted octanol–water partition coefficient (Wildman–Crippen LogP) is 0.200. The average molecular weight is 342 g/mol. The van der Waals surface area contributed by atoms with E-state index in [1.807, 2.05) is 31.2 Å². The van der Waals surface area contributed by atoms with Gasteiger partial charge in [0.15, 0.2) is 0 Å². The first-order chi connectivity index (χ1) is 12.0. The first-order valence-corrected chi connectivity index (χ1v) is 8.75. The van der Waals surface area contributed by atoms with Crippen molar-refractivity contribution in [1.82, 2.24) is 20.4 Å². The molecule has 0 radical (unpaired) electrons. The standard InChI is InChI=1S/C18H22N4O3/c1-12-10-19-8-9-21(12)15(23)11-22-16(24)18(20-17(22)25)7-6-13-4-2-3-5-14(13)18/h2-5,12,19H,6-11H2,1H3,(H,20,25). The molecule has 2 saturated heterocycles. The quantitative estimate of drug-likeness (QED) is 0.753. The van der Waals surface area contributed by atoms with Gasteiger partial charge in [-0.1, -0.05) is 24.3 Å². The molecule has 132 valence electrons.